The first-order valence-corrected chi connectivity index (χ1v) is 14.3. The number of hydrogen-bond acceptors (Lipinski definition) is 5. The third-order valence-corrected chi connectivity index (χ3v) is 10.1. The first-order chi connectivity index (χ1) is 19.1. The van der Waals surface area contributed by atoms with E-state index in [0.29, 0.717) is 25.7 Å². The molecule has 1 N–H and O–H groups in total. The van der Waals surface area contributed by atoms with E-state index in [9.17, 15) is 35.5 Å². The lowest BCUT2D eigenvalue weighted by molar-refractivity contribution is -0.147. The highest BCUT2D eigenvalue weighted by Crippen LogP contribution is 2.53. The van der Waals surface area contributed by atoms with Crippen LogP contribution in [-0.2, 0) is 12.7 Å². The van der Waals surface area contributed by atoms with Gasteiger partial charge in [-0.15, -0.1) is 0 Å². The normalized spacial score (nSPS) is 22.8. The van der Waals surface area contributed by atoms with Gasteiger partial charge in [-0.05, 0) is 38.2 Å². The molecule has 5 rings (SSSR count). The summed E-state index contributed by atoms with van der Waals surface area (Å²) in [6.45, 7) is 1.46. The number of hydrogen-bond donors (Lipinski definition) is 2. The number of anilines is 1. The van der Waals surface area contributed by atoms with Gasteiger partial charge in [0.05, 0.1) is 17.6 Å². The van der Waals surface area contributed by atoms with Crippen LogP contribution in [0.25, 0.3) is 10.9 Å². The van der Waals surface area contributed by atoms with E-state index in [-0.39, 0.29) is 44.9 Å². The van der Waals surface area contributed by atoms with E-state index in [2.05, 4.69) is 10.3 Å². The van der Waals surface area contributed by atoms with Crippen molar-refractivity contribution >= 4 is 27.6 Å². The SMILES string of the molecule is CC1CNCCN1c1nc(=O)n2c3c(cc(C(F)(F)F)cc13)[SH](c1ccc(F)cc1F)CC(N(C)CC(F)(F)F)C2. The number of benzene rings is 2. The minimum atomic E-state index is -4.83. The Kier molecular flexibility index (Phi) is 7.74. The fraction of sp³-hybridized carbons (Fsp3) is 0.462. The maximum absolute atomic E-state index is 15.2. The zero-order valence-corrected chi connectivity index (χ0v) is 22.8. The van der Waals surface area contributed by atoms with Gasteiger partial charge < -0.3 is 10.2 Å². The van der Waals surface area contributed by atoms with Crippen LogP contribution in [0.1, 0.15) is 12.5 Å². The van der Waals surface area contributed by atoms with Crippen LogP contribution >= 0.6 is 10.9 Å². The highest BCUT2D eigenvalue weighted by atomic mass is 32.2. The molecule has 3 atom stereocenters. The second-order valence-electron chi connectivity index (χ2n) is 10.4. The topological polar surface area (TPSA) is 53.4 Å². The monoisotopic (exact) mass is 609 g/mol. The molecule has 1 aromatic heterocycles. The summed E-state index contributed by atoms with van der Waals surface area (Å²) in [5.74, 6) is -2.12. The summed E-state index contributed by atoms with van der Waals surface area (Å²) in [5.41, 5.74) is -1.83. The van der Waals surface area contributed by atoms with Crippen molar-refractivity contribution in [2.75, 3.05) is 43.9 Å². The maximum Gasteiger partial charge on any atom is 0.416 e. The molecule has 3 aromatic rings. The molecule has 1 fully saturated rings. The molecular weight excluding hydrogens is 582 g/mol. The summed E-state index contributed by atoms with van der Waals surface area (Å²) < 4.78 is 113. The van der Waals surface area contributed by atoms with Crippen molar-refractivity contribution < 1.29 is 35.1 Å². The van der Waals surface area contributed by atoms with Crippen LogP contribution in [0, 0.1) is 11.6 Å². The van der Waals surface area contributed by atoms with Crippen molar-refractivity contribution in [2.24, 2.45) is 0 Å². The van der Waals surface area contributed by atoms with E-state index in [1.54, 1.807) is 4.90 Å². The number of likely N-dealkylation sites (N-methyl/N-ethyl adjacent to an activating group) is 1. The smallest absolute Gasteiger partial charge is 0.351 e. The van der Waals surface area contributed by atoms with Crippen molar-refractivity contribution in [3.8, 4) is 0 Å². The molecule has 0 radical (unpaired) electrons. The van der Waals surface area contributed by atoms with Crippen LogP contribution in [0.3, 0.4) is 0 Å². The Morgan fingerprint density at radius 3 is 2.46 bits per heavy atom. The molecule has 6 nitrogen and oxygen atoms in total. The fourth-order valence-electron chi connectivity index (χ4n) is 5.49. The van der Waals surface area contributed by atoms with Gasteiger partial charge in [0.2, 0.25) is 0 Å². The van der Waals surface area contributed by atoms with Gasteiger partial charge in [0.25, 0.3) is 0 Å². The molecule has 3 unspecified atom stereocenters. The molecule has 2 aliphatic rings. The van der Waals surface area contributed by atoms with Gasteiger partial charge >= 0.3 is 18.0 Å². The number of piperazine rings is 1. The van der Waals surface area contributed by atoms with Crippen LogP contribution < -0.4 is 15.9 Å². The average molecular weight is 610 g/mol. The largest absolute Gasteiger partial charge is 0.416 e. The molecule has 224 valence electrons. The maximum atomic E-state index is 15.2. The molecule has 0 bridgehead atoms. The molecule has 0 spiro atoms. The van der Waals surface area contributed by atoms with Crippen LogP contribution in [0.4, 0.5) is 40.9 Å². The molecular formula is C26H27F8N5OS. The summed E-state index contributed by atoms with van der Waals surface area (Å²) in [7, 11) is -0.940. The Morgan fingerprint density at radius 2 is 1.83 bits per heavy atom. The van der Waals surface area contributed by atoms with E-state index < -0.39 is 58.7 Å². The van der Waals surface area contributed by atoms with E-state index in [1.165, 1.54) is 7.05 Å². The fourth-order valence-corrected chi connectivity index (χ4v) is 8.33. The Hall–Kier alpha value is -2.91. The number of nitrogens with zero attached hydrogens (tertiary/aromatic N) is 4. The van der Waals surface area contributed by atoms with Gasteiger partial charge in [-0.25, -0.2) is 13.6 Å². The Bertz CT molecular complexity index is 1520. The lowest BCUT2D eigenvalue weighted by Gasteiger charge is -2.36. The number of halogens is 8. The van der Waals surface area contributed by atoms with Gasteiger partial charge in [-0.3, -0.25) is 9.47 Å². The first kappa shape index (κ1) is 29.6. The van der Waals surface area contributed by atoms with Gasteiger partial charge in [0.15, 0.2) is 0 Å². The van der Waals surface area contributed by atoms with Crippen molar-refractivity contribution in [3.63, 3.8) is 0 Å². The number of rotatable bonds is 4. The number of nitrogens with one attached hydrogen (secondary N) is 1. The van der Waals surface area contributed by atoms with Gasteiger partial charge in [-0.2, -0.15) is 42.2 Å². The molecule has 3 heterocycles. The van der Waals surface area contributed by atoms with Crippen molar-refractivity contribution in [2.45, 2.75) is 47.7 Å². The highest BCUT2D eigenvalue weighted by molar-refractivity contribution is 8.17. The molecule has 1 saturated heterocycles. The molecule has 41 heavy (non-hydrogen) atoms. The zero-order chi connectivity index (χ0) is 29.9. The Morgan fingerprint density at radius 1 is 1.10 bits per heavy atom. The van der Waals surface area contributed by atoms with Crippen LogP contribution in [0.5, 0.6) is 0 Å². The van der Waals surface area contributed by atoms with E-state index >= 15 is 4.39 Å². The Balaban J connectivity index is 1.84. The average Bonchev–Trinajstić information content (AvgIpc) is 3.03. The minimum Gasteiger partial charge on any atom is -0.351 e. The second kappa shape index (κ2) is 10.7. The second-order valence-corrected chi connectivity index (χ2v) is 12.5. The lowest BCUT2D eigenvalue weighted by atomic mass is 10.1. The first-order valence-electron chi connectivity index (χ1n) is 12.8. The van der Waals surface area contributed by atoms with Gasteiger partial charge in [0.1, 0.15) is 17.5 Å². The number of thiol groups is 1. The molecule has 15 heteroatoms. The number of alkyl halides is 6. The van der Waals surface area contributed by atoms with E-state index in [4.69, 9.17) is 0 Å². The highest BCUT2D eigenvalue weighted by Gasteiger charge is 2.39. The minimum absolute atomic E-state index is 0.00248. The Labute approximate surface area is 232 Å². The quantitative estimate of drug-likeness (QED) is 0.330. The van der Waals surface area contributed by atoms with E-state index in [1.807, 2.05) is 6.92 Å². The van der Waals surface area contributed by atoms with Gasteiger partial charge in [-0.1, -0.05) is 0 Å². The molecule has 2 aromatic carbocycles. The molecule has 2 aliphatic heterocycles. The molecule has 0 saturated carbocycles. The molecule has 0 aliphatic carbocycles. The van der Waals surface area contributed by atoms with Crippen molar-refractivity contribution in [3.05, 3.63) is 58.0 Å². The van der Waals surface area contributed by atoms with Gasteiger partial charge in [0, 0.05) is 65.3 Å². The predicted molar refractivity (Wildman–Crippen MR) is 140 cm³/mol. The van der Waals surface area contributed by atoms with Crippen molar-refractivity contribution in [1.29, 1.82) is 0 Å². The summed E-state index contributed by atoms with van der Waals surface area (Å²) in [4.78, 5) is 20.2. The van der Waals surface area contributed by atoms with Crippen LogP contribution in [0.2, 0.25) is 0 Å². The standard InChI is InChI=1S/C26H27F8N5OS/c1-14-10-35-5-6-38(14)23-18-7-15(26(32,33)34)8-21-22(18)39(24(40)36-23)11-17(37(2)13-25(29,30)31)12-41(21)20-4-3-16(27)9-19(20)28/h3-4,7-9,14,17,35,41H,5-6,10-13H2,1-2H3. The zero-order valence-electron chi connectivity index (χ0n) is 22.0. The summed E-state index contributed by atoms with van der Waals surface area (Å²) in [6.07, 6.45) is -9.44. The number of aromatic nitrogens is 2. The van der Waals surface area contributed by atoms with Crippen LogP contribution in [-0.4, -0.2) is 71.7 Å². The predicted octanol–water partition coefficient (Wildman–Crippen LogP) is 4.79. The summed E-state index contributed by atoms with van der Waals surface area (Å²) in [5, 5.41) is 3.16. The summed E-state index contributed by atoms with van der Waals surface area (Å²) in [6, 6.07) is 3.12. The summed E-state index contributed by atoms with van der Waals surface area (Å²) >= 11 is 0. The molecule has 0 amide bonds. The third kappa shape index (κ3) is 5.89. The lowest BCUT2D eigenvalue weighted by Crippen LogP contribution is -2.51. The third-order valence-electron chi connectivity index (χ3n) is 7.46. The van der Waals surface area contributed by atoms with Crippen LogP contribution in [0.15, 0.2) is 44.9 Å². The van der Waals surface area contributed by atoms with E-state index in [0.717, 1.165) is 33.7 Å². The van der Waals surface area contributed by atoms with Crippen molar-refractivity contribution in [1.82, 2.24) is 19.8 Å².